The number of nitrogens with zero attached hydrogens (tertiary/aromatic N) is 2. The van der Waals surface area contributed by atoms with E-state index in [-0.39, 0.29) is 24.0 Å². The second-order valence-electron chi connectivity index (χ2n) is 6.19. The Morgan fingerprint density at radius 3 is 2.83 bits per heavy atom. The molecule has 0 radical (unpaired) electrons. The highest BCUT2D eigenvalue weighted by molar-refractivity contribution is 14.0. The van der Waals surface area contributed by atoms with Crippen LogP contribution in [0.25, 0.3) is 0 Å². The average Bonchev–Trinajstić information content (AvgIpc) is 2.61. The van der Waals surface area contributed by atoms with Gasteiger partial charge in [0.1, 0.15) is 0 Å². The minimum atomic E-state index is 0. The minimum Gasteiger partial charge on any atom is -0.383 e. The predicted molar refractivity (Wildman–Crippen MR) is 109 cm³/mol. The topological polar surface area (TPSA) is 58.1 Å². The van der Waals surface area contributed by atoms with Crippen LogP contribution in [-0.4, -0.2) is 77.1 Å². The molecule has 0 aromatic carbocycles. The van der Waals surface area contributed by atoms with Gasteiger partial charge in [0.05, 0.1) is 19.8 Å². The summed E-state index contributed by atoms with van der Waals surface area (Å²) in [6, 6.07) is 0.516. The third-order valence-electron chi connectivity index (χ3n) is 4.56. The van der Waals surface area contributed by atoms with Crippen LogP contribution in [0, 0.1) is 0 Å². The molecule has 0 bridgehead atoms. The zero-order chi connectivity index (χ0) is 16.3. The van der Waals surface area contributed by atoms with Crippen molar-refractivity contribution >= 4 is 29.9 Å². The second kappa shape index (κ2) is 12.9. The number of piperidine rings is 1. The predicted octanol–water partition coefficient (Wildman–Crippen LogP) is 1.62. The van der Waals surface area contributed by atoms with Crippen molar-refractivity contribution in [3.05, 3.63) is 11.6 Å². The molecule has 7 heteroatoms. The monoisotopic (exact) mass is 452 g/mol. The molecular weight excluding hydrogens is 419 g/mol. The van der Waals surface area contributed by atoms with Gasteiger partial charge in [0.25, 0.3) is 0 Å². The van der Waals surface area contributed by atoms with Crippen LogP contribution in [-0.2, 0) is 9.47 Å². The molecule has 2 N–H and O–H groups in total. The molecule has 2 rings (SSSR count). The summed E-state index contributed by atoms with van der Waals surface area (Å²) >= 11 is 0. The van der Waals surface area contributed by atoms with E-state index in [0.717, 1.165) is 77.6 Å². The van der Waals surface area contributed by atoms with E-state index in [9.17, 15) is 0 Å². The van der Waals surface area contributed by atoms with Gasteiger partial charge in [-0.25, -0.2) is 0 Å². The van der Waals surface area contributed by atoms with Gasteiger partial charge in [0, 0.05) is 46.4 Å². The first-order chi connectivity index (χ1) is 11.3. The number of hydrogen-bond acceptors (Lipinski definition) is 4. The van der Waals surface area contributed by atoms with Gasteiger partial charge < -0.3 is 25.0 Å². The Kier molecular flexibility index (Phi) is 11.7. The third-order valence-corrected chi connectivity index (χ3v) is 4.56. The Morgan fingerprint density at radius 2 is 2.21 bits per heavy atom. The van der Waals surface area contributed by atoms with Gasteiger partial charge in [-0.3, -0.25) is 4.99 Å². The fraction of sp³-hybridized carbons (Fsp3) is 0.824. The molecule has 0 saturated carbocycles. The molecule has 2 aliphatic rings. The normalized spacial score (nSPS) is 20.2. The molecule has 1 saturated heterocycles. The van der Waals surface area contributed by atoms with Gasteiger partial charge in [-0.1, -0.05) is 11.6 Å². The van der Waals surface area contributed by atoms with E-state index < -0.39 is 0 Å². The molecule has 0 spiro atoms. The van der Waals surface area contributed by atoms with Crippen molar-refractivity contribution < 1.29 is 9.47 Å². The van der Waals surface area contributed by atoms with Crippen molar-refractivity contribution in [3.8, 4) is 0 Å². The maximum absolute atomic E-state index is 5.34. The summed E-state index contributed by atoms with van der Waals surface area (Å²) < 4.78 is 10.5. The van der Waals surface area contributed by atoms with Gasteiger partial charge in [-0.15, -0.1) is 24.0 Å². The number of rotatable bonds is 7. The largest absolute Gasteiger partial charge is 0.383 e. The summed E-state index contributed by atoms with van der Waals surface area (Å²) in [5.41, 5.74) is 1.49. The first-order valence-electron chi connectivity index (χ1n) is 8.76. The number of guanidine groups is 1. The SMILES string of the molecule is CN=C(NCCC1=CCOCC1)NC1CCN(CCOC)CC1.I. The lowest BCUT2D eigenvalue weighted by atomic mass is 10.1. The van der Waals surface area contributed by atoms with Gasteiger partial charge in [0.2, 0.25) is 0 Å². The van der Waals surface area contributed by atoms with E-state index in [1.165, 1.54) is 5.57 Å². The molecule has 0 unspecified atom stereocenters. The lowest BCUT2D eigenvalue weighted by Crippen LogP contribution is -2.49. The number of nitrogens with one attached hydrogen (secondary N) is 2. The Bertz CT molecular complexity index is 396. The number of methoxy groups -OCH3 is 1. The van der Waals surface area contributed by atoms with E-state index in [1.54, 1.807) is 7.11 Å². The molecule has 140 valence electrons. The van der Waals surface area contributed by atoms with Crippen LogP contribution in [0.15, 0.2) is 16.6 Å². The summed E-state index contributed by atoms with van der Waals surface area (Å²) in [4.78, 5) is 6.82. The smallest absolute Gasteiger partial charge is 0.191 e. The van der Waals surface area contributed by atoms with E-state index in [4.69, 9.17) is 9.47 Å². The van der Waals surface area contributed by atoms with Gasteiger partial charge in [0.15, 0.2) is 5.96 Å². The summed E-state index contributed by atoms with van der Waals surface area (Å²) in [5, 5.41) is 6.99. The highest BCUT2D eigenvalue weighted by Crippen LogP contribution is 2.11. The highest BCUT2D eigenvalue weighted by Gasteiger charge is 2.19. The maximum atomic E-state index is 5.34. The summed E-state index contributed by atoms with van der Waals surface area (Å²) in [5.74, 6) is 0.924. The molecule has 0 atom stereocenters. The number of hydrogen-bond donors (Lipinski definition) is 2. The van der Waals surface area contributed by atoms with Crippen molar-refractivity contribution in [1.82, 2.24) is 15.5 Å². The molecule has 1 fully saturated rings. The first kappa shape index (κ1) is 21.7. The summed E-state index contributed by atoms with van der Waals surface area (Å²) in [7, 11) is 3.61. The van der Waals surface area contributed by atoms with Crippen LogP contribution < -0.4 is 10.6 Å². The number of likely N-dealkylation sites (tertiary alicyclic amines) is 1. The standard InChI is InChI=1S/C17H32N4O2.HI/c1-18-17(19-8-3-15-6-12-23-13-7-15)20-16-4-9-21(10-5-16)11-14-22-2;/h6,16H,3-5,7-14H2,1-2H3,(H2,18,19,20);1H. The fourth-order valence-corrected chi connectivity index (χ4v) is 3.04. The van der Waals surface area contributed by atoms with Gasteiger partial charge in [-0.2, -0.15) is 0 Å². The lowest BCUT2D eigenvalue weighted by molar-refractivity contribution is 0.128. The van der Waals surface area contributed by atoms with Crippen molar-refractivity contribution in [2.45, 2.75) is 31.7 Å². The molecular formula is C17H33IN4O2. The molecule has 0 aliphatic carbocycles. The van der Waals surface area contributed by atoms with Crippen molar-refractivity contribution in [3.63, 3.8) is 0 Å². The molecule has 6 nitrogen and oxygen atoms in total. The van der Waals surface area contributed by atoms with Crippen LogP contribution in [0.2, 0.25) is 0 Å². The summed E-state index contributed by atoms with van der Waals surface area (Å²) in [6.45, 7) is 6.68. The van der Waals surface area contributed by atoms with Crippen molar-refractivity contribution in [2.24, 2.45) is 4.99 Å². The first-order valence-corrected chi connectivity index (χ1v) is 8.76. The van der Waals surface area contributed by atoms with Crippen LogP contribution in [0.4, 0.5) is 0 Å². The fourth-order valence-electron chi connectivity index (χ4n) is 3.04. The number of aliphatic imine (C=N–C) groups is 1. The zero-order valence-corrected chi connectivity index (χ0v) is 17.4. The van der Waals surface area contributed by atoms with Crippen molar-refractivity contribution in [1.29, 1.82) is 0 Å². The van der Waals surface area contributed by atoms with Gasteiger partial charge >= 0.3 is 0 Å². The molecule has 0 amide bonds. The molecule has 0 aromatic rings. The van der Waals surface area contributed by atoms with E-state index in [1.807, 2.05) is 7.05 Å². The number of halogens is 1. The van der Waals surface area contributed by atoms with Crippen molar-refractivity contribution in [2.75, 3.05) is 60.2 Å². The maximum Gasteiger partial charge on any atom is 0.191 e. The Balaban J connectivity index is 0.00000288. The Morgan fingerprint density at radius 1 is 1.42 bits per heavy atom. The molecule has 2 heterocycles. The zero-order valence-electron chi connectivity index (χ0n) is 15.1. The molecule has 24 heavy (non-hydrogen) atoms. The van der Waals surface area contributed by atoms with E-state index in [0.29, 0.717) is 6.04 Å². The highest BCUT2D eigenvalue weighted by atomic mass is 127. The van der Waals surface area contributed by atoms with E-state index in [2.05, 4.69) is 26.6 Å². The quantitative estimate of drug-likeness (QED) is 0.266. The lowest BCUT2D eigenvalue weighted by Gasteiger charge is -2.32. The third kappa shape index (κ3) is 8.13. The molecule has 0 aromatic heterocycles. The molecule has 2 aliphatic heterocycles. The van der Waals surface area contributed by atoms with Crippen LogP contribution in [0.1, 0.15) is 25.7 Å². The van der Waals surface area contributed by atoms with Crippen LogP contribution in [0.3, 0.4) is 0 Å². The van der Waals surface area contributed by atoms with Crippen LogP contribution in [0.5, 0.6) is 0 Å². The second-order valence-corrected chi connectivity index (χ2v) is 6.19. The minimum absolute atomic E-state index is 0. The van der Waals surface area contributed by atoms with Gasteiger partial charge in [-0.05, 0) is 25.7 Å². The summed E-state index contributed by atoms with van der Waals surface area (Å²) in [6.07, 6.45) is 6.66. The van der Waals surface area contributed by atoms with E-state index >= 15 is 0 Å². The Hall–Kier alpha value is -0.380. The average molecular weight is 452 g/mol. The van der Waals surface area contributed by atoms with Crippen LogP contribution >= 0.6 is 24.0 Å². The number of ether oxygens (including phenoxy) is 2. The Labute approximate surface area is 163 Å².